The molecule has 0 aliphatic carbocycles. The van der Waals surface area contributed by atoms with Crippen LogP contribution >= 0.6 is 0 Å². The summed E-state index contributed by atoms with van der Waals surface area (Å²) in [6.45, 7) is 2.46. The number of para-hydroxylation sites is 2. The fourth-order valence-corrected chi connectivity index (χ4v) is 5.20. The van der Waals surface area contributed by atoms with E-state index in [1.807, 2.05) is 60.4 Å². The van der Waals surface area contributed by atoms with E-state index in [9.17, 15) is 19.8 Å². The highest BCUT2D eigenvalue weighted by Gasteiger charge is 2.36. The zero-order valence-corrected chi connectivity index (χ0v) is 20.7. The highest BCUT2D eigenvalue weighted by atomic mass is 16.4. The number of aromatic carboxylic acids is 1. The van der Waals surface area contributed by atoms with Crippen molar-refractivity contribution in [3.63, 3.8) is 0 Å². The molecule has 0 spiro atoms. The lowest BCUT2D eigenvalue weighted by atomic mass is 9.82. The largest absolute Gasteiger partial charge is 0.501 e. The van der Waals surface area contributed by atoms with Gasteiger partial charge in [-0.1, -0.05) is 55.5 Å². The molecule has 38 heavy (non-hydrogen) atoms. The molecular formula is C29H24N4O5. The van der Waals surface area contributed by atoms with Crippen LogP contribution in [-0.2, 0) is 7.05 Å². The summed E-state index contributed by atoms with van der Waals surface area (Å²) in [6.07, 6.45) is 0. The Kier molecular flexibility index (Phi) is 5.48. The van der Waals surface area contributed by atoms with Gasteiger partial charge in [0.05, 0.1) is 11.6 Å². The van der Waals surface area contributed by atoms with Crippen molar-refractivity contribution in [2.24, 2.45) is 7.05 Å². The third-order valence-electron chi connectivity index (χ3n) is 7.05. The zero-order chi connectivity index (χ0) is 26.6. The fraction of sp³-hybridized carbons (Fsp3) is 0.172. The van der Waals surface area contributed by atoms with E-state index in [4.69, 9.17) is 9.40 Å². The quantitative estimate of drug-likeness (QED) is 0.358. The van der Waals surface area contributed by atoms with Crippen LogP contribution in [0.5, 0.6) is 5.75 Å². The van der Waals surface area contributed by atoms with Crippen molar-refractivity contribution < 1.29 is 19.4 Å². The van der Waals surface area contributed by atoms with E-state index in [0.717, 1.165) is 16.7 Å². The summed E-state index contributed by atoms with van der Waals surface area (Å²) in [6, 6.07) is 21.7. The van der Waals surface area contributed by atoms with Crippen LogP contribution in [0.2, 0.25) is 0 Å². The molecule has 3 heterocycles. The van der Waals surface area contributed by atoms with E-state index in [-0.39, 0.29) is 29.1 Å². The minimum Gasteiger partial charge on any atom is -0.501 e. The highest BCUT2D eigenvalue weighted by Crippen LogP contribution is 2.42. The molecule has 1 aliphatic heterocycles. The number of hydrogen-bond donors (Lipinski definition) is 2. The van der Waals surface area contributed by atoms with Gasteiger partial charge in [0.25, 0.3) is 11.4 Å². The fourth-order valence-electron chi connectivity index (χ4n) is 5.20. The second-order valence-corrected chi connectivity index (χ2v) is 9.48. The lowest BCUT2D eigenvalue weighted by Crippen LogP contribution is -2.41. The first-order chi connectivity index (χ1) is 18.3. The number of carboxylic acids is 1. The van der Waals surface area contributed by atoms with E-state index >= 15 is 0 Å². The maximum atomic E-state index is 13.2. The van der Waals surface area contributed by atoms with Gasteiger partial charge < -0.3 is 19.5 Å². The molecule has 0 amide bonds. The van der Waals surface area contributed by atoms with Gasteiger partial charge in [-0.25, -0.2) is 14.8 Å². The molecular weight excluding hydrogens is 484 g/mol. The van der Waals surface area contributed by atoms with Crippen LogP contribution in [-0.4, -0.2) is 37.3 Å². The Hall–Kier alpha value is -4.92. The number of benzene rings is 3. The number of oxazole rings is 1. The Morgan fingerprint density at radius 1 is 1.00 bits per heavy atom. The number of carboxylic acid groups (broad SMARTS) is 1. The monoisotopic (exact) mass is 508 g/mol. The van der Waals surface area contributed by atoms with Gasteiger partial charge in [0, 0.05) is 13.6 Å². The Morgan fingerprint density at radius 3 is 2.47 bits per heavy atom. The number of rotatable bonds is 4. The molecule has 0 saturated heterocycles. The number of nitrogens with zero attached hydrogens (tertiary/aromatic N) is 4. The van der Waals surface area contributed by atoms with Crippen LogP contribution in [0.3, 0.4) is 0 Å². The second kappa shape index (κ2) is 8.88. The third kappa shape index (κ3) is 3.71. The number of hydrogen-bond acceptors (Lipinski definition) is 7. The van der Waals surface area contributed by atoms with Crippen molar-refractivity contribution in [1.82, 2.24) is 14.5 Å². The normalized spacial score (nSPS) is 16.9. The van der Waals surface area contributed by atoms with Crippen LogP contribution in [0.25, 0.3) is 22.7 Å². The summed E-state index contributed by atoms with van der Waals surface area (Å²) in [4.78, 5) is 36.1. The van der Waals surface area contributed by atoms with Crippen LogP contribution in [0, 0.1) is 0 Å². The standard InChI is InChI=1S/C29H24N4O5/c1-16-15-33(24(17-8-4-3-5-9-17)19-13-12-18(28(36)37)14-20(16)19)29-31-23(25(34)27(35)32(29)2)26-30-21-10-6-7-11-22(21)38-26/h3-14,16,24,34H,15H2,1-2H3,(H,36,37). The minimum atomic E-state index is -0.982. The van der Waals surface area contributed by atoms with E-state index in [0.29, 0.717) is 23.6 Å². The average molecular weight is 509 g/mol. The Bertz CT molecular complexity index is 1730. The van der Waals surface area contributed by atoms with Crippen molar-refractivity contribution in [1.29, 1.82) is 0 Å². The summed E-state index contributed by atoms with van der Waals surface area (Å²) < 4.78 is 7.16. The lowest BCUT2D eigenvalue weighted by Gasteiger charge is -2.42. The molecule has 1 aliphatic rings. The van der Waals surface area contributed by atoms with Crippen molar-refractivity contribution in [2.75, 3.05) is 11.4 Å². The van der Waals surface area contributed by atoms with Crippen LogP contribution in [0.4, 0.5) is 5.95 Å². The smallest absolute Gasteiger partial charge is 0.335 e. The van der Waals surface area contributed by atoms with Crippen molar-refractivity contribution >= 4 is 23.0 Å². The minimum absolute atomic E-state index is 0.0363. The molecule has 6 rings (SSSR count). The van der Waals surface area contributed by atoms with Crippen molar-refractivity contribution in [2.45, 2.75) is 18.9 Å². The van der Waals surface area contributed by atoms with Gasteiger partial charge in [-0.15, -0.1) is 0 Å². The average Bonchev–Trinajstić information content (AvgIpc) is 3.36. The van der Waals surface area contributed by atoms with Gasteiger partial charge in [-0.3, -0.25) is 9.36 Å². The first kappa shape index (κ1) is 23.5. The molecule has 190 valence electrons. The first-order valence-electron chi connectivity index (χ1n) is 12.2. The third-order valence-corrected chi connectivity index (χ3v) is 7.05. The van der Waals surface area contributed by atoms with Crippen LogP contribution < -0.4 is 10.5 Å². The number of aromatic hydroxyl groups is 1. The first-order valence-corrected chi connectivity index (χ1v) is 12.2. The van der Waals surface area contributed by atoms with Crippen molar-refractivity contribution in [3.8, 4) is 17.3 Å². The van der Waals surface area contributed by atoms with E-state index in [2.05, 4.69) is 4.98 Å². The zero-order valence-electron chi connectivity index (χ0n) is 20.7. The SMILES string of the molecule is CC1CN(c2nc(-c3nc4ccccc4o3)c(O)c(=O)n2C)C(c2ccccc2)c2ccc(C(=O)O)cc21. The van der Waals surface area contributed by atoms with Crippen LogP contribution in [0.1, 0.15) is 45.9 Å². The van der Waals surface area contributed by atoms with Crippen molar-refractivity contribution in [3.05, 3.63) is 105 Å². The lowest BCUT2D eigenvalue weighted by molar-refractivity contribution is 0.0696. The van der Waals surface area contributed by atoms with E-state index in [1.165, 1.54) is 4.57 Å². The molecule has 0 fully saturated rings. The molecule has 0 radical (unpaired) electrons. The second-order valence-electron chi connectivity index (χ2n) is 9.48. The summed E-state index contributed by atoms with van der Waals surface area (Å²) in [7, 11) is 1.57. The van der Waals surface area contributed by atoms with E-state index < -0.39 is 17.3 Å². The molecule has 9 heteroatoms. The van der Waals surface area contributed by atoms with Gasteiger partial charge in [0.2, 0.25) is 11.7 Å². The van der Waals surface area contributed by atoms with E-state index in [1.54, 1.807) is 31.3 Å². The van der Waals surface area contributed by atoms with Gasteiger partial charge in [-0.05, 0) is 46.9 Å². The Balaban J connectivity index is 1.57. The van der Waals surface area contributed by atoms with Gasteiger partial charge in [0.15, 0.2) is 11.3 Å². The van der Waals surface area contributed by atoms with Gasteiger partial charge in [0.1, 0.15) is 5.52 Å². The predicted molar refractivity (Wildman–Crippen MR) is 142 cm³/mol. The molecule has 2 aromatic heterocycles. The number of fused-ring (bicyclic) bond motifs is 2. The van der Waals surface area contributed by atoms with Gasteiger partial charge in [-0.2, -0.15) is 0 Å². The number of carbonyl (C=O) groups is 1. The molecule has 3 aromatic carbocycles. The molecule has 2 unspecified atom stereocenters. The maximum absolute atomic E-state index is 13.2. The molecule has 2 N–H and O–H groups in total. The highest BCUT2D eigenvalue weighted by molar-refractivity contribution is 5.88. The Labute approximate surface area is 217 Å². The summed E-state index contributed by atoms with van der Waals surface area (Å²) in [5.41, 5.74) is 3.47. The summed E-state index contributed by atoms with van der Waals surface area (Å²) >= 11 is 0. The summed E-state index contributed by atoms with van der Waals surface area (Å²) in [5.74, 6) is -1.21. The molecule has 5 aromatic rings. The topological polar surface area (TPSA) is 122 Å². The Morgan fingerprint density at radius 2 is 1.74 bits per heavy atom. The number of aromatic nitrogens is 3. The van der Waals surface area contributed by atoms with Gasteiger partial charge >= 0.3 is 5.97 Å². The molecule has 9 nitrogen and oxygen atoms in total. The number of anilines is 1. The molecule has 0 bridgehead atoms. The molecule has 2 atom stereocenters. The maximum Gasteiger partial charge on any atom is 0.335 e. The molecule has 0 saturated carbocycles. The predicted octanol–water partition coefficient (Wildman–Crippen LogP) is 4.71. The summed E-state index contributed by atoms with van der Waals surface area (Å²) in [5, 5.41) is 20.4. The van der Waals surface area contributed by atoms with Crippen LogP contribution in [0.15, 0.2) is 82.0 Å².